The smallest absolute Gasteiger partial charge is 0.283 e. The normalized spacial score (nSPS) is 11.2. The van der Waals surface area contributed by atoms with Gasteiger partial charge in [-0.05, 0) is 37.3 Å². The van der Waals surface area contributed by atoms with Gasteiger partial charge in [0.15, 0.2) is 5.69 Å². The second-order valence-electron chi connectivity index (χ2n) is 5.61. The molecule has 134 valence electrons. The Morgan fingerprint density at radius 3 is 2.62 bits per heavy atom. The number of carbonyl (C=O) groups is 1. The first-order chi connectivity index (χ1) is 12.6. The van der Waals surface area contributed by atoms with Gasteiger partial charge in [-0.2, -0.15) is 0 Å². The molecule has 1 aromatic heterocycles. The highest BCUT2D eigenvalue weighted by atomic mass is 16.5. The summed E-state index contributed by atoms with van der Waals surface area (Å²) >= 11 is 0. The molecule has 7 nitrogen and oxygen atoms in total. The van der Waals surface area contributed by atoms with Crippen LogP contribution >= 0.6 is 0 Å². The predicted molar refractivity (Wildman–Crippen MR) is 100 cm³/mol. The molecule has 3 rings (SSSR count). The van der Waals surface area contributed by atoms with E-state index in [0.29, 0.717) is 12.2 Å². The lowest BCUT2D eigenvalue weighted by atomic mass is 10.2. The van der Waals surface area contributed by atoms with Crippen molar-refractivity contribution in [2.24, 2.45) is 10.2 Å². The van der Waals surface area contributed by atoms with Gasteiger partial charge in [-0.1, -0.05) is 18.2 Å². The van der Waals surface area contributed by atoms with Gasteiger partial charge in [0.25, 0.3) is 5.91 Å². The fourth-order valence-electron chi connectivity index (χ4n) is 2.72. The number of carbonyl (C=O) groups excluding carboxylic acids is 1. The zero-order valence-electron chi connectivity index (χ0n) is 14.6. The van der Waals surface area contributed by atoms with E-state index in [1.807, 2.05) is 43.3 Å². The number of aryl methyl sites for hydroxylation is 1. The van der Waals surface area contributed by atoms with Crippen molar-refractivity contribution in [2.75, 3.05) is 19.0 Å². The molecule has 26 heavy (non-hydrogen) atoms. The average Bonchev–Trinajstić information content (AvgIpc) is 2.95. The SMILES string of the molecule is CCn1c(O)c(N=NC(=O)CNc2ccc(OC)cc2)c2ccccc21. The second kappa shape index (κ2) is 7.69. The van der Waals surface area contributed by atoms with Crippen molar-refractivity contribution in [1.29, 1.82) is 0 Å². The van der Waals surface area contributed by atoms with Crippen molar-refractivity contribution >= 4 is 28.2 Å². The predicted octanol–water partition coefficient (Wildman–Crippen LogP) is 4.10. The molecule has 1 amide bonds. The lowest BCUT2D eigenvalue weighted by Gasteiger charge is -2.04. The molecule has 3 aromatic rings. The summed E-state index contributed by atoms with van der Waals surface area (Å²) in [5.41, 5.74) is 1.94. The van der Waals surface area contributed by atoms with E-state index in [9.17, 15) is 9.90 Å². The Morgan fingerprint density at radius 2 is 1.92 bits per heavy atom. The maximum Gasteiger partial charge on any atom is 0.283 e. The molecule has 0 spiro atoms. The summed E-state index contributed by atoms with van der Waals surface area (Å²) in [6.07, 6.45) is 0. The Bertz CT molecular complexity index is 945. The van der Waals surface area contributed by atoms with Crippen molar-refractivity contribution in [3.05, 3.63) is 48.5 Å². The number of anilines is 1. The molecule has 0 aliphatic rings. The topological polar surface area (TPSA) is 88.2 Å². The van der Waals surface area contributed by atoms with E-state index in [1.54, 1.807) is 23.8 Å². The summed E-state index contributed by atoms with van der Waals surface area (Å²) in [5, 5.41) is 21.8. The van der Waals surface area contributed by atoms with Gasteiger partial charge in [-0.15, -0.1) is 10.2 Å². The van der Waals surface area contributed by atoms with Gasteiger partial charge in [0.05, 0.1) is 19.2 Å². The largest absolute Gasteiger partial charge is 0.497 e. The first-order valence-electron chi connectivity index (χ1n) is 8.26. The summed E-state index contributed by atoms with van der Waals surface area (Å²) in [7, 11) is 1.59. The van der Waals surface area contributed by atoms with Crippen molar-refractivity contribution in [1.82, 2.24) is 4.57 Å². The van der Waals surface area contributed by atoms with Crippen LogP contribution in [0.1, 0.15) is 6.92 Å². The Hall–Kier alpha value is -3.35. The Labute approximate surface area is 150 Å². The molecule has 0 bridgehead atoms. The van der Waals surface area contributed by atoms with Crippen LogP contribution in [0.15, 0.2) is 58.8 Å². The molecule has 0 unspecified atom stereocenters. The maximum atomic E-state index is 12.0. The molecule has 2 N–H and O–H groups in total. The number of fused-ring (bicyclic) bond motifs is 1. The molecular formula is C19H20N4O3. The van der Waals surface area contributed by atoms with Gasteiger partial charge in [0.2, 0.25) is 5.88 Å². The number of amides is 1. The van der Waals surface area contributed by atoms with Gasteiger partial charge in [0, 0.05) is 17.6 Å². The first kappa shape index (κ1) is 17.5. The lowest BCUT2D eigenvalue weighted by Crippen LogP contribution is -2.10. The number of hydrogen-bond acceptors (Lipinski definition) is 5. The number of ether oxygens (including phenoxy) is 1. The number of aromatic hydroxyl groups is 1. The van der Waals surface area contributed by atoms with Crippen LogP contribution in [-0.4, -0.2) is 29.2 Å². The fourth-order valence-corrected chi connectivity index (χ4v) is 2.72. The summed E-state index contributed by atoms with van der Waals surface area (Å²) in [6.45, 7) is 2.52. The van der Waals surface area contributed by atoms with Crippen LogP contribution in [0.4, 0.5) is 11.4 Å². The maximum absolute atomic E-state index is 12.0. The molecule has 7 heteroatoms. The fraction of sp³-hybridized carbons (Fsp3) is 0.211. The molecule has 0 atom stereocenters. The number of methoxy groups -OCH3 is 1. The molecule has 1 heterocycles. The molecular weight excluding hydrogens is 332 g/mol. The number of hydrogen-bond donors (Lipinski definition) is 2. The van der Waals surface area contributed by atoms with Crippen LogP contribution in [0.2, 0.25) is 0 Å². The molecule has 0 saturated heterocycles. The van der Waals surface area contributed by atoms with Crippen LogP contribution in [0.3, 0.4) is 0 Å². The van der Waals surface area contributed by atoms with Gasteiger partial charge >= 0.3 is 0 Å². The van der Waals surface area contributed by atoms with Crippen molar-refractivity contribution in [3.8, 4) is 11.6 Å². The van der Waals surface area contributed by atoms with E-state index in [4.69, 9.17) is 4.74 Å². The second-order valence-corrected chi connectivity index (χ2v) is 5.61. The minimum absolute atomic E-state index is 0.00299. The minimum Gasteiger partial charge on any atom is -0.497 e. The van der Waals surface area contributed by atoms with E-state index in [0.717, 1.165) is 22.3 Å². The van der Waals surface area contributed by atoms with E-state index in [2.05, 4.69) is 15.5 Å². The molecule has 0 saturated carbocycles. The quantitative estimate of drug-likeness (QED) is 0.654. The first-order valence-corrected chi connectivity index (χ1v) is 8.26. The third-order valence-electron chi connectivity index (χ3n) is 4.03. The standard InChI is InChI=1S/C19H20N4O3/c1-3-23-16-7-5-4-6-15(16)18(19(23)25)22-21-17(24)12-20-13-8-10-14(26-2)11-9-13/h4-11,20,25H,3,12H2,1-2H3. The third-order valence-corrected chi connectivity index (χ3v) is 4.03. The zero-order valence-corrected chi connectivity index (χ0v) is 14.6. The van der Waals surface area contributed by atoms with Gasteiger partial charge in [0.1, 0.15) is 5.75 Å². The number of nitrogens with zero attached hydrogens (tertiary/aromatic N) is 3. The summed E-state index contributed by atoms with van der Waals surface area (Å²) in [6, 6.07) is 14.7. The Balaban J connectivity index is 1.72. The molecule has 0 radical (unpaired) electrons. The number of aromatic nitrogens is 1. The summed E-state index contributed by atoms with van der Waals surface area (Å²) in [4.78, 5) is 12.0. The summed E-state index contributed by atoms with van der Waals surface area (Å²) in [5.74, 6) is 0.311. The number of benzene rings is 2. The van der Waals surface area contributed by atoms with Crippen LogP contribution in [0, 0.1) is 0 Å². The highest BCUT2D eigenvalue weighted by Gasteiger charge is 2.15. The van der Waals surface area contributed by atoms with Crippen molar-refractivity contribution in [3.63, 3.8) is 0 Å². The monoisotopic (exact) mass is 352 g/mol. The number of para-hydroxylation sites is 1. The number of azo groups is 1. The highest BCUT2D eigenvalue weighted by Crippen LogP contribution is 2.38. The summed E-state index contributed by atoms with van der Waals surface area (Å²) < 4.78 is 6.81. The number of nitrogens with one attached hydrogen (secondary N) is 1. The van der Waals surface area contributed by atoms with E-state index < -0.39 is 5.91 Å². The lowest BCUT2D eigenvalue weighted by molar-refractivity contribution is -0.116. The van der Waals surface area contributed by atoms with Gasteiger partial charge < -0.3 is 19.7 Å². The van der Waals surface area contributed by atoms with Gasteiger partial charge in [-0.25, -0.2) is 0 Å². The van der Waals surface area contributed by atoms with Gasteiger partial charge in [-0.3, -0.25) is 4.79 Å². The third kappa shape index (κ3) is 3.51. The molecule has 0 aliphatic heterocycles. The minimum atomic E-state index is -0.437. The van der Waals surface area contributed by atoms with Crippen molar-refractivity contribution < 1.29 is 14.6 Å². The van der Waals surface area contributed by atoms with E-state index in [1.165, 1.54) is 0 Å². The van der Waals surface area contributed by atoms with E-state index >= 15 is 0 Å². The molecule has 2 aromatic carbocycles. The molecule has 0 aliphatic carbocycles. The molecule has 0 fully saturated rings. The zero-order chi connectivity index (χ0) is 18.5. The van der Waals surface area contributed by atoms with Crippen LogP contribution in [0.25, 0.3) is 10.9 Å². The Kier molecular flexibility index (Phi) is 5.17. The van der Waals surface area contributed by atoms with E-state index in [-0.39, 0.29) is 12.4 Å². The van der Waals surface area contributed by atoms with Crippen LogP contribution in [0.5, 0.6) is 11.6 Å². The average molecular weight is 352 g/mol. The number of rotatable bonds is 6. The Morgan fingerprint density at radius 1 is 1.19 bits per heavy atom. The van der Waals surface area contributed by atoms with Crippen LogP contribution < -0.4 is 10.1 Å². The highest BCUT2D eigenvalue weighted by molar-refractivity contribution is 5.95. The van der Waals surface area contributed by atoms with Crippen molar-refractivity contribution in [2.45, 2.75) is 13.5 Å². The van der Waals surface area contributed by atoms with Crippen LogP contribution in [-0.2, 0) is 11.3 Å².